The fraction of sp³-hybridized carbons (Fsp3) is 0.375. The fourth-order valence-corrected chi connectivity index (χ4v) is 2.70. The van der Waals surface area contributed by atoms with E-state index in [9.17, 15) is 4.79 Å². The van der Waals surface area contributed by atoms with Crippen LogP contribution in [0.2, 0.25) is 5.28 Å². The Morgan fingerprint density at radius 3 is 2.79 bits per heavy atom. The fourth-order valence-electron chi connectivity index (χ4n) is 2.59. The summed E-state index contributed by atoms with van der Waals surface area (Å²) in [5.41, 5.74) is 3.11. The zero-order chi connectivity index (χ0) is 17.3. The van der Waals surface area contributed by atoms with Crippen molar-refractivity contribution in [2.45, 2.75) is 20.3 Å². The maximum atomic E-state index is 12.5. The Kier molecular flexibility index (Phi) is 4.53. The summed E-state index contributed by atoms with van der Waals surface area (Å²) in [6, 6.07) is 6.03. The predicted molar refractivity (Wildman–Crippen MR) is 92.1 cm³/mol. The molecular formula is C16H19ClN6O. The molecule has 1 N–H and O–H groups in total. The van der Waals surface area contributed by atoms with Crippen LogP contribution in [0.4, 0.5) is 0 Å². The van der Waals surface area contributed by atoms with Gasteiger partial charge in [0.1, 0.15) is 5.82 Å². The summed E-state index contributed by atoms with van der Waals surface area (Å²) in [7, 11) is 1.65. The van der Waals surface area contributed by atoms with Crippen LogP contribution in [0, 0.1) is 6.92 Å². The molecule has 24 heavy (non-hydrogen) atoms. The van der Waals surface area contributed by atoms with Crippen molar-refractivity contribution in [3.8, 4) is 0 Å². The number of likely N-dealkylation sites (N-methyl/N-ethyl adjacent to an activating group) is 1. The highest BCUT2D eigenvalue weighted by Gasteiger charge is 2.20. The summed E-state index contributed by atoms with van der Waals surface area (Å²) in [6.45, 7) is 5.05. The number of rotatable bonds is 5. The zero-order valence-electron chi connectivity index (χ0n) is 13.9. The van der Waals surface area contributed by atoms with Gasteiger partial charge in [-0.25, -0.2) is 9.67 Å². The van der Waals surface area contributed by atoms with E-state index in [1.807, 2.05) is 32.0 Å². The Morgan fingerprint density at radius 2 is 2.17 bits per heavy atom. The lowest BCUT2D eigenvalue weighted by Crippen LogP contribution is -2.33. The molecule has 0 aliphatic heterocycles. The Balaban J connectivity index is 1.73. The van der Waals surface area contributed by atoms with Crippen LogP contribution < -0.4 is 0 Å². The number of halogens is 1. The van der Waals surface area contributed by atoms with Crippen LogP contribution in [-0.2, 0) is 13.5 Å². The smallest absolute Gasteiger partial charge is 0.293 e. The molecular weight excluding hydrogens is 328 g/mol. The van der Waals surface area contributed by atoms with Gasteiger partial charge in [0, 0.05) is 26.6 Å². The summed E-state index contributed by atoms with van der Waals surface area (Å²) in [5.74, 6) is 0.745. The first-order valence-corrected chi connectivity index (χ1v) is 8.17. The van der Waals surface area contributed by atoms with E-state index in [4.69, 9.17) is 11.6 Å². The first-order chi connectivity index (χ1) is 11.5. The highest BCUT2D eigenvalue weighted by atomic mass is 35.5. The molecule has 0 saturated heterocycles. The van der Waals surface area contributed by atoms with Crippen LogP contribution in [0.5, 0.6) is 0 Å². The maximum absolute atomic E-state index is 12.5. The van der Waals surface area contributed by atoms with Crippen LogP contribution in [0.1, 0.15) is 28.9 Å². The van der Waals surface area contributed by atoms with Gasteiger partial charge < -0.3 is 9.88 Å². The van der Waals surface area contributed by atoms with Crippen LogP contribution in [0.15, 0.2) is 18.2 Å². The number of hydrogen-bond acceptors (Lipinski definition) is 4. The van der Waals surface area contributed by atoms with Gasteiger partial charge in [0.2, 0.25) is 11.1 Å². The van der Waals surface area contributed by atoms with Gasteiger partial charge in [-0.15, -0.1) is 5.10 Å². The number of aryl methyl sites for hydroxylation is 2. The van der Waals surface area contributed by atoms with Crippen molar-refractivity contribution in [3.63, 3.8) is 0 Å². The number of aromatic amines is 1. The molecule has 8 heteroatoms. The zero-order valence-corrected chi connectivity index (χ0v) is 14.6. The van der Waals surface area contributed by atoms with Gasteiger partial charge in [-0.05, 0) is 37.1 Å². The number of aromatic nitrogens is 5. The molecule has 3 rings (SSSR count). The predicted octanol–water partition coefficient (Wildman–Crippen LogP) is 2.36. The third-order valence-electron chi connectivity index (χ3n) is 3.95. The average Bonchev–Trinajstić information content (AvgIpc) is 3.12. The number of H-pyrrole nitrogens is 1. The largest absolute Gasteiger partial charge is 0.342 e. The van der Waals surface area contributed by atoms with E-state index >= 15 is 0 Å². The third-order valence-corrected chi connectivity index (χ3v) is 4.28. The number of amides is 1. The Bertz CT molecular complexity index is 864. The SMILES string of the molecule is CCN(CCc1nc2c(C)cccc2[nH]1)C(=O)c1nc(Cl)n(C)n1. The molecule has 0 fully saturated rings. The van der Waals surface area contributed by atoms with Crippen LogP contribution >= 0.6 is 11.6 Å². The molecule has 0 aliphatic carbocycles. The van der Waals surface area contributed by atoms with Crippen molar-refractivity contribution < 1.29 is 4.79 Å². The van der Waals surface area contributed by atoms with E-state index in [0.717, 1.165) is 22.4 Å². The molecule has 2 aromatic heterocycles. The Morgan fingerprint density at radius 1 is 1.38 bits per heavy atom. The Labute approximate surface area is 144 Å². The van der Waals surface area contributed by atoms with Gasteiger partial charge in [0.25, 0.3) is 5.91 Å². The topological polar surface area (TPSA) is 79.7 Å². The van der Waals surface area contributed by atoms with E-state index in [1.54, 1.807) is 11.9 Å². The lowest BCUT2D eigenvalue weighted by molar-refractivity contribution is 0.0753. The van der Waals surface area contributed by atoms with E-state index in [0.29, 0.717) is 19.5 Å². The first kappa shape index (κ1) is 16.4. The number of carbonyl (C=O) groups excluding carboxylic acids is 1. The summed E-state index contributed by atoms with van der Waals surface area (Å²) < 4.78 is 1.38. The second-order valence-electron chi connectivity index (χ2n) is 5.62. The number of carbonyl (C=O) groups is 1. The van der Waals surface area contributed by atoms with E-state index < -0.39 is 0 Å². The lowest BCUT2D eigenvalue weighted by atomic mass is 10.2. The van der Waals surface area contributed by atoms with Crippen molar-refractivity contribution in [2.24, 2.45) is 7.05 Å². The number of benzene rings is 1. The van der Waals surface area contributed by atoms with Crippen molar-refractivity contribution in [1.29, 1.82) is 0 Å². The number of para-hydroxylation sites is 1. The summed E-state index contributed by atoms with van der Waals surface area (Å²) >= 11 is 5.86. The second kappa shape index (κ2) is 6.60. The number of imidazole rings is 1. The number of nitrogens with zero attached hydrogens (tertiary/aromatic N) is 5. The minimum atomic E-state index is -0.229. The molecule has 0 radical (unpaired) electrons. The molecule has 1 aromatic carbocycles. The molecule has 0 bridgehead atoms. The second-order valence-corrected chi connectivity index (χ2v) is 5.96. The van der Waals surface area contributed by atoms with E-state index in [1.165, 1.54) is 4.68 Å². The lowest BCUT2D eigenvalue weighted by Gasteiger charge is -2.18. The van der Waals surface area contributed by atoms with Crippen molar-refractivity contribution in [2.75, 3.05) is 13.1 Å². The van der Waals surface area contributed by atoms with Crippen molar-refractivity contribution in [3.05, 3.63) is 40.7 Å². The molecule has 0 unspecified atom stereocenters. The maximum Gasteiger partial charge on any atom is 0.293 e. The molecule has 1 amide bonds. The van der Waals surface area contributed by atoms with Crippen molar-refractivity contribution >= 4 is 28.5 Å². The van der Waals surface area contributed by atoms with Gasteiger partial charge in [-0.1, -0.05) is 12.1 Å². The summed E-state index contributed by atoms with van der Waals surface area (Å²) in [4.78, 5) is 26.1. The first-order valence-electron chi connectivity index (χ1n) is 7.79. The molecule has 0 saturated carbocycles. The summed E-state index contributed by atoms with van der Waals surface area (Å²) in [5, 5.41) is 4.24. The highest BCUT2D eigenvalue weighted by molar-refractivity contribution is 6.28. The average molecular weight is 347 g/mol. The molecule has 126 valence electrons. The number of fused-ring (bicyclic) bond motifs is 1. The monoisotopic (exact) mass is 346 g/mol. The van der Waals surface area contributed by atoms with Crippen LogP contribution in [0.25, 0.3) is 11.0 Å². The molecule has 2 heterocycles. The van der Waals surface area contributed by atoms with E-state index in [-0.39, 0.29) is 17.0 Å². The van der Waals surface area contributed by atoms with Crippen molar-refractivity contribution in [1.82, 2.24) is 29.6 Å². The molecule has 0 atom stereocenters. The number of nitrogens with one attached hydrogen (secondary N) is 1. The van der Waals surface area contributed by atoms with Gasteiger partial charge >= 0.3 is 0 Å². The quantitative estimate of drug-likeness (QED) is 0.769. The standard InChI is InChI=1S/C16H19ClN6O/c1-4-23(15(24)14-20-16(17)22(3)21-14)9-8-12-18-11-7-5-6-10(2)13(11)19-12/h5-7H,4,8-9H2,1-3H3,(H,18,19). The van der Waals surface area contributed by atoms with Gasteiger partial charge in [-0.3, -0.25) is 4.79 Å². The molecule has 0 spiro atoms. The molecule has 3 aromatic rings. The van der Waals surface area contributed by atoms with Gasteiger partial charge in [-0.2, -0.15) is 4.98 Å². The minimum Gasteiger partial charge on any atom is -0.342 e. The van der Waals surface area contributed by atoms with Crippen LogP contribution in [-0.4, -0.2) is 48.6 Å². The number of hydrogen-bond donors (Lipinski definition) is 1. The highest BCUT2D eigenvalue weighted by Crippen LogP contribution is 2.16. The minimum absolute atomic E-state index is 0.116. The van der Waals surface area contributed by atoms with E-state index in [2.05, 4.69) is 20.1 Å². The van der Waals surface area contributed by atoms with Gasteiger partial charge in [0.15, 0.2) is 0 Å². The normalized spacial score (nSPS) is 11.2. The Hall–Kier alpha value is -2.41. The van der Waals surface area contributed by atoms with Crippen LogP contribution in [0.3, 0.4) is 0 Å². The summed E-state index contributed by atoms with van der Waals surface area (Å²) in [6.07, 6.45) is 0.633. The molecule has 0 aliphatic rings. The molecule has 7 nitrogen and oxygen atoms in total. The van der Waals surface area contributed by atoms with Gasteiger partial charge in [0.05, 0.1) is 11.0 Å². The third kappa shape index (κ3) is 3.12.